The SMILES string of the molecule is CC(=O)N(c1c[c]c(F)cc1C#N)S(C)(=O)=O. The third-order valence-electron chi connectivity index (χ3n) is 1.85. The average Bonchev–Trinajstić information content (AvgIpc) is 2.17. The number of hydrogen-bond acceptors (Lipinski definition) is 4. The molecule has 0 unspecified atom stereocenters. The van der Waals surface area contributed by atoms with Crippen molar-refractivity contribution in [2.45, 2.75) is 6.92 Å². The van der Waals surface area contributed by atoms with Gasteiger partial charge in [0.1, 0.15) is 11.9 Å². The molecule has 0 atom stereocenters. The molecule has 1 aromatic rings. The van der Waals surface area contributed by atoms with Crippen molar-refractivity contribution in [3.63, 3.8) is 0 Å². The van der Waals surface area contributed by atoms with E-state index in [1.807, 2.05) is 0 Å². The lowest BCUT2D eigenvalue weighted by Gasteiger charge is -2.19. The summed E-state index contributed by atoms with van der Waals surface area (Å²) in [6.07, 6.45) is 0.818. The average molecular weight is 255 g/mol. The zero-order valence-electron chi connectivity index (χ0n) is 9.06. The summed E-state index contributed by atoms with van der Waals surface area (Å²) in [5.74, 6) is -1.59. The number of carbonyl (C=O) groups excluding carboxylic acids is 1. The number of halogens is 1. The molecule has 1 rings (SSSR count). The number of nitrogens with zero attached hydrogens (tertiary/aromatic N) is 2. The fraction of sp³-hybridized carbons (Fsp3) is 0.200. The van der Waals surface area contributed by atoms with Crippen LogP contribution in [0, 0.1) is 23.2 Å². The maximum Gasteiger partial charge on any atom is 0.238 e. The Morgan fingerprint density at radius 3 is 2.59 bits per heavy atom. The van der Waals surface area contributed by atoms with Gasteiger partial charge in [-0.1, -0.05) is 0 Å². The highest BCUT2D eigenvalue weighted by Crippen LogP contribution is 2.23. The monoisotopic (exact) mass is 255 g/mol. The van der Waals surface area contributed by atoms with E-state index >= 15 is 0 Å². The van der Waals surface area contributed by atoms with Gasteiger partial charge in [0, 0.05) is 13.0 Å². The minimum absolute atomic E-state index is 0.205. The number of amides is 1. The molecule has 1 aromatic carbocycles. The van der Waals surface area contributed by atoms with E-state index < -0.39 is 21.7 Å². The Bertz CT molecular complexity index is 604. The van der Waals surface area contributed by atoms with Crippen molar-refractivity contribution in [2.24, 2.45) is 0 Å². The molecule has 7 heteroatoms. The zero-order chi connectivity index (χ0) is 13.2. The number of benzene rings is 1. The van der Waals surface area contributed by atoms with Crippen molar-refractivity contribution in [2.75, 3.05) is 10.6 Å². The van der Waals surface area contributed by atoms with Crippen LogP contribution in [-0.4, -0.2) is 20.6 Å². The fourth-order valence-corrected chi connectivity index (χ4v) is 2.27. The van der Waals surface area contributed by atoms with E-state index in [-0.39, 0.29) is 11.3 Å². The van der Waals surface area contributed by atoms with E-state index in [2.05, 4.69) is 6.07 Å². The number of nitriles is 1. The molecule has 0 spiro atoms. The van der Waals surface area contributed by atoms with Gasteiger partial charge in [0.05, 0.1) is 17.5 Å². The summed E-state index contributed by atoms with van der Waals surface area (Å²) in [6, 6.07) is 5.50. The Labute approximate surface area is 98.1 Å². The summed E-state index contributed by atoms with van der Waals surface area (Å²) in [4.78, 5) is 11.3. The third-order valence-corrected chi connectivity index (χ3v) is 2.97. The van der Waals surface area contributed by atoms with Crippen LogP contribution in [0.5, 0.6) is 0 Å². The van der Waals surface area contributed by atoms with E-state index in [1.165, 1.54) is 0 Å². The van der Waals surface area contributed by atoms with Gasteiger partial charge in [-0.3, -0.25) is 4.79 Å². The van der Waals surface area contributed by atoms with Gasteiger partial charge in [-0.15, -0.1) is 0 Å². The lowest BCUT2D eigenvalue weighted by Crippen LogP contribution is -2.34. The number of anilines is 1. The van der Waals surface area contributed by atoms with Gasteiger partial charge < -0.3 is 0 Å². The molecule has 0 heterocycles. The molecule has 0 fully saturated rings. The molecule has 17 heavy (non-hydrogen) atoms. The number of hydrogen-bond donors (Lipinski definition) is 0. The molecular weight excluding hydrogens is 247 g/mol. The van der Waals surface area contributed by atoms with Crippen LogP contribution >= 0.6 is 0 Å². The molecular formula is C10H8FN2O3S. The standard InChI is InChI=1S/C10H8FN2O3S/c1-7(14)13(17(2,15)16)10-4-3-9(11)5-8(10)6-12/h4-5H,1-2H3. The van der Waals surface area contributed by atoms with E-state index in [0.717, 1.165) is 25.3 Å². The van der Waals surface area contributed by atoms with Gasteiger partial charge >= 0.3 is 0 Å². The first-order chi connectivity index (χ1) is 7.77. The second kappa shape index (κ2) is 4.51. The summed E-state index contributed by atoms with van der Waals surface area (Å²) in [5.41, 5.74) is -0.453. The molecule has 89 valence electrons. The van der Waals surface area contributed by atoms with Gasteiger partial charge in [-0.05, 0) is 12.1 Å². The minimum atomic E-state index is -3.87. The molecule has 0 aromatic heterocycles. The molecule has 0 N–H and O–H groups in total. The molecule has 0 saturated heterocycles. The summed E-state index contributed by atoms with van der Waals surface area (Å²) in [7, 11) is -3.87. The number of carbonyl (C=O) groups is 1. The summed E-state index contributed by atoms with van der Waals surface area (Å²) >= 11 is 0. The van der Waals surface area contributed by atoms with Crippen LogP contribution in [0.2, 0.25) is 0 Å². The Morgan fingerprint density at radius 1 is 1.59 bits per heavy atom. The normalized spacial score (nSPS) is 10.7. The van der Waals surface area contributed by atoms with Crippen LogP contribution in [0.15, 0.2) is 12.1 Å². The summed E-state index contributed by atoms with van der Waals surface area (Å²) in [6.45, 7) is 1.03. The largest absolute Gasteiger partial charge is 0.274 e. The zero-order valence-corrected chi connectivity index (χ0v) is 9.88. The van der Waals surface area contributed by atoms with E-state index in [0.29, 0.717) is 4.31 Å². The number of rotatable bonds is 2. The van der Waals surface area contributed by atoms with E-state index in [9.17, 15) is 17.6 Å². The highest BCUT2D eigenvalue weighted by molar-refractivity contribution is 7.92. The van der Waals surface area contributed by atoms with Gasteiger partial charge in [0.25, 0.3) is 0 Å². The highest BCUT2D eigenvalue weighted by atomic mass is 32.2. The van der Waals surface area contributed by atoms with Crippen molar-refractivity contribution < 1.29 is 17.6 Å². The quantitative estimate of drug-likeness (QED) is 0.783. The predicted molar refractivity (Wildman–Crippen MR) is 58.0 cm³/mol. The first kappa shape index (κ1) is 13.1. The van der Waals surface area contributed by atoms with Crippen molar-refractivity contribution in [3.05, 3.63) is 29.6 Å². The van der Waals surface area contributed by atoms with Crippen LogP contribution in [-0.2, 0) is 14.8 Å². The second-order valence-corrected chi connectivity index (χ2v) is 5.07. The first-order valence-electron chi connectivity index (χ1n) is 4.39. The lowest BCUT2D eigenvalue weighted by molar-refractivity contribution is -0.115. The van der Waals surface area contributed by atoms with Crippen LogP contribution < -0.4 is 4.31 Å². The third kappa shape index (κ3) is 2.79. The Hall–Kier alpha value is -1.94. The molecule has 5 nitrogen and oxygen atoms in total. The van der Waals surface area contributed by atoms with E-state index in [4.69, 9.17) is 5.26 Å². The molecule has 0 bridgehead atoms. The summed E-state index contributed by atoms with van der Waals surface area (Å²) < 4.78 is 36.1. The van der Waals surface area contributed by atoms with Gasteiger partial charge in [-0.25, -0.2) is 17.1 Å². The molecule has 1 amide bonds. The minimum Gasteiger partial charge on any atom is -0.274 e. The fourth-order valence-electron chi connectivity index (χ4n) is 1.30. The van der Waals surface area contributed by atoms with Gasteiger partial charge in [-0.2, -0.15) is 5.26 Å². The second-order valence-electron chi connectivity index (χ2n) is 3.24. The van der Waals surface area contributed by atoms with Crippen molar-refractivity contribution in [1.29, 1.82) is 5.26 Å². The number of sulfonamides is 1. The van der Waals surface area contributed by atoms with Crippen LogP contribution in [0.4, 0.5) is 10.1 Å². The smallest absolute Gasteiger partial charge is 0.238 e. The maximum absolute atomic E-state index is 12.8. The van der Waals surface area contributed by atoms with E-state index in [1.54, 1.807) is 6.07 Å². The Balaban J connectivity index is 3.51. The molecule has 0 aliphatic carbocycles. The predicted octanol–water partition coefficient (Wildman–Crippen LogP) is 0.810. The van der Waals surface area contributed by atoms with Crippen LogP contribution in [0.3, 0.4) is 0 Å². The van der Waals surface area contributed by atoms with Gasteiger partial charge in [0.15, 0.2) is 0 Å². The molecule has 0 saturated carbocycles. The Morgan fingerprint density at radius 2 is 2.18 bits per heavy atom. The summed E-state index contributed by atoms with van der Waals surface area (Å²) in [5, 5.41) is 8.78. The first-order valence-corrected chi connectivity index (χ1v) is 6.24. The van der Waals surface area contributed by atoms with Gasteiger partial charge in [0.2, 0.25) is 15.9 Å². The lowest BCUT2D eigenvalue weighted by atomic mass is 10.2. The molecule has 0 aliphatic rings. The Kier molecular flexibility index (Phi) is 3.48. The van der Waals surface area contributed by atoms with Crippen molar-refractivity contribution in [1.82, 2.24) is 0 Å². The molecule has 1 radical (unpaired) electrons. The molecule has 0 aliphatic heterocycles. The maximum atomic E-state index is 12.8. The van der Waals surface area contributed by atoms with Crippen LogP contribution in [0.25, 0.3) is 0 Å². The van der Waals surface area contributed by atoms with Crippen molar-refractivity contribution in [3.8, 4) is 6.07 Å². The van der Waals surface area contributed by atoms with Crippen LogP contribution in [0.1, 0.15) is 12.5 Å². The van der Waals surface area contributed by atoms with Crippen molar-refractivity contribution >= 4 is 21.6 Å². The topological polar surface area (TPSA) is 78.2 Å². The highest BCUT2D eigenvalue weighted by Gasteiger charge is 2.24.